The molecule has 0 radical (unpaired) electrons. The van der Waals surface area contributed by atoms with Gasteiger partial charge in [0.2, 0.25) is 0 Å². The average molecular weight is 344 g/mol. The smallest absolute Gasteiger partial charge is 0.194 e. The molecule has 1 aliphatic rings. The molecule has 3 aromatic rings. The Labute approximate surface area is 149 Å². The second-order valence-electron chi connectivity index (χ2n) is 6.06. The first-order chi connectivity index (χ1) is 12.6. The summed E-state index contributed by atoms with van der Waals surface area (Å²) >= 11 is 0. The number of benzene rings is 3. The van der Waals surface area contributed by atoms with Crippen molar-refractivity contribution in [1.82, 2.24) is 0 Å². The second-order valence-corrected chi connectivity index (χ2v) is 6.06. The van der Waals surface area contributed by atoms with Gasteiger partial charge in [-0.15, -0.1) is 0 Å². The summed E-state index contributed by atoms with van der Waals surface area (Å²) in [5.74, 6) is -0.857. The molecule has 0 amide bonds. The van der Waals surface area contributed by atoms with Crippen LogP contribution in [0.1, 0.15) is 16.7 Å². The lowest BCUT2D eigenvalue weighted by atomic mass is 9.94. The van der Waals surface area contributed by atoms with Crippen LogP contribution in [0.15, 0.2) is 84.9 Å². The van der Waals surface area contributed by atoms with Gasteiger partial charge in [-0.05, 0) is 52.6 Å². The Morgan fingerprint density at radius 1 is 0.577 bits per heavy atom. The number of Topliss-reactive ketones (excluding diaryl/α,β-unsaturated/α-hetero) is 1. The molecule has 0 unspecified atom stereocenters. The van der Waals surface area contributed by atoms with Gasteiger partial charge < -0.3 is 0 Å². The summed E-state index contributed by atoms with van der Waals surface area (Å²) in [6.45, 7) is 0. The predicted octanol–water partition coefficient (Wildman–Crippen LogP) is 5.54. The number of allylic oxidation sites excluding steroid dienone is 4. The van der Waals surface area contributed by atoms with Crippen molar-refractivity contribution in [1.29, 1.82) is 0 Å². The first-order valence-corrected chi connectivity index (χ1v) is 8.21. The zero-order valence-corrected chi connectivity index (χ0v) is 13.7. The Morgan fingerprint density at radius 2 is 1.12 bits per heavy atom. The van der Waals surface area contributed by atoms with E-state index in [1.165, 1.54) is 24.3 Å². The Kier molecular flexibility index (Phi) is 4.05. The minimum absolute atomic E-state index is 0.151. The normalized spacial score (nSPS) is 13.9. The van der Waals surface area contributed by atoms with Crippen molar-refractivity contribution in [2.45, 2.75) is 0 Å². The molecule has 26 heavy (non-hydrogen) atoms. The number of hydrogen-bond donors (Lipinski definition) is 0. The molecule has 0 atom stereocenters. The van der Waals surface area contributed by atoms with Gasteiger partial charge in [-0.3, -0.25) is 4.79 Å². The highest BCUT2D eigenvalue weighted by atomic mass is 19.1. The van der Waals surface area contributed by atoms with E-state index in [1.54, 1.807) is 24.3 Å². The number of halogens is 2. The summed E-state index contributed by atoms with van der Waals surface area (Å²) in [4.78, 5) is 13.1. The zero-order valence-electron chi connectivity index (χ0n) is 13.7. The summed E-state index contributed by atoms with van der Waals surface area (Å²) in [6.07, 6.45) is 1.82. The van der Waals surface area contributed by atoms with Gasteiger partial charge >= 0.3 is 0 Å². The SMILES string of the molecule is O=C1C(c2ccc(F)cc2)=CC(c2ccccc2)=C1c1ccc(F)cc1. The van der Waals surface area contributed by atoms with E-state index in [4.69, 9.17) is 0 Å². The van der Waals surface area contributed by atoms with E-state index in [0.29, 0.717) is 22.3 Å². The van der Waals surface area contributed by atoms with E-state index in [2.05, 4.69) is 0 Å². The molecule has 0 heterocycles. The Balaban J connectivity index is 1.87. The molecule has 3 aromatic carbocycles. The summed E-state index contributed by atoms with van der Waals surface area (Å²) in [5.41, 5.74) is 4.02. The molecule has 0 fully saturated rings. The number of carbonyl (C=O) groups excluding carboxylic acids is 1. The monoisotopic (exact) mass is 344 g/mol. The maximum absolute atomic E-state index is 13.3. The minimum Gasteiger partial charge on any atom is -0.289 e. The van der Waals surface area contributed by atoms with Crippen LogP contribution in [0.25, 0.3) is 16.7 Å². The van der Waals surface area contributed by atoms with Crippen molar-refractivity contribution < 1.29 is 13.6 Å². The minimum atomic E-state index is -0.354. The lowest BCUT2D eigenvalue weighted by Crippen LogP contribution is -2.02. The van der Waals surface area contributed by atoms with E-state index in [9.17, 15) is 13.6 Å². The fourth-order valence-corrected chi connectivity index (χ4v) is 3.13. The van der Waals surface area contributed by atoms with Crippen LogP contribution in [0.4, 0.5) is 8.78 Å². The third-order valence-corrected chi connectivity index (χ3v) is 4.40. The van der Waals surface area contributed by atoms with Gasteiger partial charge in [0.05, 0.1) is 0 Å². The maximum Gasteiger partial charge on any atom is 0.194 e. The molecule has 4 rings (SSSR count). The molecule has 1 nitrogen and oxygen atoms in total. The predicted molar refractivity (Wildman–Crippen MR) is 99.0 cm³/mol. The van der Waals surface area contributed by atoms with E-state index >= 15 is 0 Å². The summed E-state index contributed by atoms with van der Waals surface area (Å²) in [5, 5.41) is 0. The van der Waals surface area contributed by atoms with Crippen LogP contribution in [-0.4, -0.2) is 5.78 Å². The Hall–Kier alpha value is -3.33. The van der Waals surface area contributed by atoms with Crippen molar-refractivity contribution in [2.24, 2.45) is 0 Å². The van der Waals surface area contributed by atoms with Gasteiger partial charge in [-0.2, -0.15) is 0 Å². The summed E-state index contributed by atoms with van der Waals surface area (Å²) in [7, 11) is 0. The number of ketones is 1. The first-order valence-electron chi connectivity index (χ1n) is 8.21. The van der Waals surface area contributed by atoms with Crippen molar-refractivity contribution in [3.63, 3.8) is 0 Å². The number of hydrogen-bond acceptors (Lipinski definition) is 1. The summed E-state index contributed by atoms with van der Waals surface area (Å²) in [6, 6.07) is 21.3. The van der Waals surface area contributed by atoms with Crippen molar-refractivity contribution in [3.05, 3.63) is 113 Å². The lowest BCUT2D eigenvalue weighted by molar-refractivity contribution is -0.108. The van der Waals surface area contributed by atoms with Gasteiger partial charge in [0.1, 0.15) is 11.6 Å². The topological polar surface area (TPSA) is 17.1 Å². The fraction of sp³-hybridized carbons (Fsp3) is 0. The van der Waals surface area contributed by atoms with E-state index in [0.717, 1.165) is 11.1 Å². The lowest BCUT2D eigenvalue weighted by Gasteiger charge is -2.08. The van der Waals surface area contributed by atoms with Gasteiger partial charge in [0.15, 0.2) is 5.78 Å². The van der Waals surface area contributed by atoms with Gasteiger partial charge in [-0.25, -0.2) is 8.78 Å². The first kappa shape index (κ1) is 16.2. The quantitative estimate of drug-likeness (QED) is 0.609. The highest BCUT2D eigenvalue weighted by Gasteiger charge is 2.28. The average Bonchev–Trinajstić information content (AvgIpc) is 3.01. The Bertz CT molecular complexity index is 1030. The molecule has 0 N–H and O–H groups in total. The van der Waals surface area contributed by atoms with Crippen LogP contribution < -0.4 is 0 Å². The van der Waals surface area contributed by atoms with Gasteiger partial charge in [-0.1, -0.05) is 54.6 Å². The molecule has 0 saturated carbocycles. The van der Waals surface area contributed by atoms with Crippen LogP contribution in [0.2, 0.25) is 0 Å². The van der Waals surface area contributed by atoms with E-state index < -0.39 is 0 Å². The molecule has 0 aromatic heterocycles. The molecule has 126 valence electrons. The van der Waals surface area contributed by atoms with Crippen LogP contribution in [0.3, 0.4) is 0 Å². The molecule has 0 spiro atoms. The van der Waals surface area contributed by atoms with Gasteiger partial charge in [0, 0.05) is 11.1 Å². The van der Waals surface area contributed by atoms with Crippen LogP contribution >= 0.6 is 0 Å². The standard InChI is InChI=1S/C23H14F2O/c24-18-10-6-16(7-11-18)21-14-20(15-4-2-1-3-5-15)22(23(21)26)17-8-12-19(25)13-9-17/h1-14H. The van der Waals surface area contributed by atoms with E-state index in [1.807, 2.05) is 36.4 Å². The maximum atomic E-state index is 13.3. The molecular formula is C23H14F2O. The molecular weight excluding hydrogens is 330 g/mol. The largest absolute Gasteiger partial charge is 0.289 e. The van der Waals surface area contributed by atoms with Gasteiger partial charge in [0.25, 0.3) is 0 Å². The molecule has 0 saturated heterocycles. The van der Waals surface area contributed by atoms with Crippen molar-refractivity contribution in [3.8, 4) is 0 Å². The molecule has 0 aliphatic heterocycles. The fourth-order valence-electron chi connectivity index (χ4n) is 3.13. The van der Waals surface area contributed by atoms with Crippen LogP contribution in [0.5, 0.6) is 0 Å². The molecule has 1 aliphatic carbocycles. The molecule has 0 bridgehead atoms. The second kappa shape index (κ2) is 6.52. The number of carbonyl (C=O) groups is 1. The zero-order chi connectivity index (χ0) is 18.1. The third kappa shape index (κ3) is 2.88. The molecule has 3 heteroatoms. The van der Waals surface area contributed by atoms with E-state index in [-0.39, 0.29) is 17.4 Å². The van der Waals surface area contributed by atoms with Crippen LogP contribution in [-0.2, 0) is 4.79 Å². The highest BCUT2D eigenvalue weighted by molar-refractivity contribution is 6.51. The van der Waals surface area contributed by atoms with Crippen molar-refractivity contribution >= 4 is 22.5 Å². The number of rotatable bonds is 3. The third-order valence-electron chi connectivity index (χ3n) is 4.40. The van der Waals surface area contributed by atoms with Crippen molar-refractivity contribution in [2.75, 3.05) is 0 Å². The highest BCUT2D eigenvalue weighted by Crippen LogP contribution is 2.39. The van der Waals surface area contributed by atoms with Crippen LogP contribution in [0, 0.1) is 11.6 Å². The Morgan fingerprint density at radius 3 is 1.69 bits per heavy atom. The summed E-state index contributed by atoms with van der Waals surface area (Å²) < 4.78 is 26.6.